The van der Waals surface area contributed by atoms with Crippen molar-refractivity contribution in [3.8, 4) is 0 Å². The maximum atomic E-state index is 11.0. The topological polar surface area (TPSA) is 58.6 Å². The number of hydrogen-bond acceptors (Lipinski definition) is 3. The molecule has 5 heteroatoms. The summed E-state index contributed by atoms with van der Waals surface area (Å²) in [6.07, 6.45) is 1.19. The van der Waals surface area contributed by atoms with Crippen molar-refractivity contribution in [3.05, 3.63) is 35.4 Å². The van der Waals surface area contributed by atoms with Crippen molar-refractivity contribution in [1.82, 2.24) is 5.32 Å². The highest BCUT2D eigenvalue weighted by atomic mass is 35.5. The number of nitrogens with one attached hydrogen (secondary N) is 1. The first-order valence-corrected chi connectivity index (χ1v) is 6.24. The Morgan fingerprint density at radius 3 is 2.68 bits per heavy atom. The summed E-state index contributed by atoms with van der Waals surface area (Å²) in [5, 5.41) is 12.2. The first kappa shape index (κ1) is 17.9. The van der Waals surface area contributed by atoms with Gasteiger partial charge in [0.25, 0.3) is 0 Å². The van der Waals surface area contributed by atoms with Gasteiger partial charge in [-0.2, -0.15) is 0 Å². The summed E-state index contributed by atoms with van der Waals surface area (Å²) in [5.74, 6) is -0.879. The van der Waals surface area contributed by atoms with Gasteiger partial charge in [0.2, 0.25) is 0 Å². The molecule has 0 aliphatic carbocycles. The summed E-state index contributed by atoms with van der Waals surface area (Å²) in [6, 6.07) is 7.05. The average molecular weight is 288 g/mol. The summed E-state index contributed by atoms with van der Waals surface area (Å²) in [7, 11) is 0. The van der Waals surface area contributed by atoms with E-state index < -0.39 is 5.97 Å². The van der Waals surface area contributed by atoms with Crippen LogP contribution in [0.2, 0.25) is 0 Å². The molecule has 0 aliphatic heterocycles. The third kappa shape index (κ3) is 7.15. The van der Waals surface area contributed by atoms with Crippen LogP contribution >= 0.6 is 12.4 Å². The molecule has 1 rings (SSSR count). The van der Waals surface area contributed by atoms with E-state index in [1.807, 2.05) is 26.0 Å². The Hall–Kier alpha value is -1.10. The third-order valence-electron chi connectivity index (χ3n) is 2.51. The molecule has 0 aliphatic rings. The normalized spacial score (nSPS) is 10.3. The van der Waals surface area contributed by atoms with Crippen molar-refractivity contribution in [3.63, 3.8) is 0 Å². The predicted molar refractivity (Wildman–Crippen MR) is 78.1 cm³/mol. The lowest BCUT2D eigenvalue weighted by molar-refractivity contribution is 0.0694. The number of ether oxygens (including phenoxy) is 1. The number of aromatic carboxylic acids is 1. The fourth-order valence-electron chi connectivity index (χ4n) is 1.62. The summed E-state index contributed by atoms with van der Waals surface area (Å²) < 4.78 is 5.42. The van der Waals surface area contributed by atoms with Gasteiger partial charge in [0.1, 0.15) is 0 Å². The van der Waals surface area contributed by atoms with Crippen molar-refractivity contribution in [1.29, 1.82) is 0 Å². The van der Waals surface area contributed by atoms with Crippen molar-refractivity contribution >= 4 is 18.4 Å². The fourth-order valence-corrected chi connectivity index (χ4v) is 1.62. The molecule has 0 heterocycles. The first-order valence-electron chi connectivity index (χ1n) is 6.24. The smallest absolute Gasteiger partial charge is 0.336 e. The van der Waals surface area contributed by atoms with Crippen molar-refractivity contribution in [2.24, 2.45) is 0 Å². The molecule has 0 radical (unpaired) electrons. The van der Waals surface area contributed by atoms with Crippen molar-refractivity contribution in [2.75, 3.05) is 13.2 Å². The number of benzene rings is 1. The highest BCUT2D eigenvalue weighted by Gasteiger charge is 2.07. The summed E-state index contributed by atoms with van der Waals surface area (Å²) >= 11 is 0. The van der Waals surface area contributed by atoms with Crippen molar-refractivity contribution < 1.29 is 14.6 Å². The van der Waals surface area contributed by atoms with Crippen LogP contribution in [0.4, 0.5) is 0 Å². The minimum atomic E-state index is -0.879. The van der Waals surface area contributed by atoms with Gasteiger partial charge in [0, 0.05) is 13.2 Å². The zero-order valence-electron chi connectivity index (χ0n) is 11.4. The van der Waals surface area contributed by atoms with Gasteiger partial charge in [0.05, 0.1) is 11.7 Å². The second-order valence-electron chi connectivity index (χ2n) is 4.41. The van der Waals surface area contributed by atoms with Crippen LogP contribution in [-0.4, -0.2) is 30.3 Å². The highest BCUT2D eigenvalue weighted by Crippen LogP contribution is 2.08. The van der Waals surface area contributed by atoms with Crippen LogP contribution in [0.5, 0.6) is 0 Å². The molecule has 0 amide bonds. The van der Waals surface area contributed by atoms with Crippen LogP contribution in [0.3, 0.4) is 0 Å². The quantitative estimate of drug-likeness (QED) is 0.722. The zero-order chi connectivity index (χ0) is 13.4. The van der Waals surface area contributed by atoms with Gasteiger partial charge >= 0.3 is 5.97 Å². The van der Waals surface area contributed by atoms with Gasteiger partial charge in [-0.15, -0.1) is 12.4 Å². The fraction of sp³-hybridized carbons (Fsp3) is 0.500. The van der Waals surface area contributed by atoms with E-state index in [-0.39, 0.29) is 18.5 Å². The number of carboxylic acids is 1. The second kappa shape index (κ2) is 9.78. The Morgan fingerprint density at radius 1 is 1.37 bits per heavy atom. The van der Waals surface area contributed by atoms with E-state index in [1.54, 1.807) is 12.1 Å². The van der Waals surface area contributed by atoms with Gasteiger partial charge in [-0.25, -0.2) is 4.79 Å². The molecule has 1 aromatic rings. The van der Waals surface area contributed by atoms with Crippen LogP contribution in [0, 0.1) is 0 Å². The van der Waals surface area contributed by atoms with Crippen LogP contribution in [0.1, 0.15) is 36.2 Å². The van der Waals surface area contributed by atoms with Gasteiger partial charge in [-0.05, 0) is 38.4 Å². The minimum Gasteiger partial charge on any atom is -0.478 e. The number of halogens is 1. The van der Waals surface area contributed by atoms with E-state index in [0.29, 0.717) is 12.1 Å². The zero-order valence-corrected chi connectivity index (χ0v) is 12.2. The lowest BCUT2D eigenvalue weighted by Crippen LogP contribution is -2.19. The second-order valence-corrected chi connectivity index (χ2v) is 4.41. The van der Waals surface area contributed by atoms with Gasteiger partial charge in [-0.1, -0.05) is 18.2 Å². The van der Waals surface area contributed by atoms with Crippen LogP contribution < -0.4 is 5.32 Å². The summed E-state index contributed by atoms with van der Waals surface area (Å²) in [4.78, 5) is 11.0. The summed E-state index contributed by atoms with van der Waals surface area (Å²) in [6.45, 7) is 6.14. The lowest BCUT2D eigenvalue weighted by Gasteiger charge is -2.09. The number of rotatable bonds is 8. The SMILES string of the molecule is CC(C)OCCCNCc1ccccc1C(=O)O.Cl. The Labute approximate surface area is 120 Å². The molecule has 1 aromatic carbocycles. The number of carboxylic acid groups (broad SMARTS) is 1. The maximum absolute atomic E-state index is 11.0. The van der Waals surface area contributed by atoms with Crippen LogP contribution in [0.15, 0.2) is 24.3 Å². The Bertz CT molecular complexity index is 383. The molecule has 2 N–H and O–H groups in total. The molecule has 0 aromatic heterocycles. The molecule has 0 saturated heterocycles. The molecule has 19 heavy (non-hydrogen) atoms. The van der Waals surface area contributed by atoms with Gasteiger partial charge in [-0.3, -0.25) is 0 Å². The lowest BCUT2D eigenvalue weighted by atomic mass is 10.1. The first-order chi connectivity index (χ1) is 8.61. The molecule has 108 valence electrons. The van der Waals surface area contributed by atoms with E-state index in [1.165, 1.54) is 0 Å². The molecule has 0 saturated carbocycles. The Balaban J connectivity index is 0.00000324. The van der Waals surface area contributed by atoms with E-state index in [2.05, 4.69) is 5.32 Å². The number of carbonyl (C=O) groups is 1. The molecule has 0 atom stereocenters. The molecule has 0 fully saturated rings. The molecular weight excluding hydrogens is 266 g/mol. The van der Waals surface area contributed by atoms with Crippen LogP contribution in [-0.2, 0) is 11.3 Å². The maximum Gasteiger partial charge on any atom is 0.336 e. The monoisotopic (exact) mass is 287 g/mol. The number of hydrogen-bond donors (Lipinski definition) is 2. The molecular formula is C14H22ClNO3. The minimum absolute atomic E-state index is 0. The van der Waals surface area contributed by atoms with E-state index in [0.717, 1.165) is 25.1 Å². The highest BCUT2D eigenvalue weighted by molar-refractivity contribution is 5.89. The van der Waals surface area contributed by atoms with E-state index in [4.69, 9.17) is 9.84 Å². The molecule has 4 nitrogen and oxygen atoms in total. The largest absolute Gasteiger partial charge is 0.478 e. The molecule has 0 spiro atoms. The van der Waals surface area contributed by atoms with E-state index >= 15 is 0 Å². The summed E-state index contributed by atoms with van der Waals surface area (Å²) in [5.41, 5.74) is 1.18. The van der Waals surface area contributed by atoms with Gasteiger partial charge in [0.15, 0.2) is 0 Å². The standard InChI is InChI=1S/C14H21NO3.ClH/c1-11(2)18-9-5-8-15-10-12-6-3-4-7-13(12)14(16)17;/h3-4,6-7,11,15H,5,8-10H2,1-2H3,(H,16,17);1H. The van der Waals surface area contributed by atoms with Crippen molar-refractivity contribution in [2.45, 2.75) is 32.9 Å². The molecule has 0 unspecified atom stereocenters. The van der Waals surface area contributed by atoms with Gasteiger partial charge < -0.3 is 15.2 Å². The van der Waals surface area contributed by atoms with Crippen LogP contribution in [0.25, 0.3) is 0 Å². The Kier molecular flexibility index (Phi) is 9.21. The Morgan fingerprint density at radius 2 is 2.05 bits per heavy atom. The average Bonchev–Trinajstić information content (AvgIpc) is 2.33. The predicted octanol–water partition coefficient (Wildman–Crippen LogP) is 2.71. The molecule has 0 bridgehead atoms. The van der Waals surface area contributed by atoms with E-state index in [9.17, 15) is 4.79 Å². The third-order valence-corrected chi connectivity index (χ3v) is 2.51.